The van der Waals surface area contributed by atoms with Gasteiger partial charge in [-0.3, -0.25) is 20.2 Å². The van der Waals surface area contributed by atoms with E-state index in [-0.39, 0.29) is 11.4 Å². The number of hydrogen-bond acceptors (Lipinski definition) is 14. The third-order valence-corrected chi connectivity index (χ3v) is 11.8. The molecule has 4 rings (SSSR count). The molecule has 0 amide bonds. The summed E-state index contributed by atoms with van der Waals surface area (Å²) in [7, 11) is -13.7. The van der Waals surface area contributed by atoms with Gasteiger partial charge in [-0.15, -0.1) is 0 Å². The summed E-state index contributed by atoms with van der Waals surface area (Å²) >= 11 is 0. The van der Waals surface area contributed by atoms with Crippen molar-refractivity contribution in [3.05, 3.63) is 68.8 Å². The lowest BCUT2D eigenvalue weighted by molar-refractivity contribution is -0.385. The quantitative estimate of drug-likeness (QED) is 0.336. The van der Waals surface area contributed by atoms with Crippen molar-refractivity contribution in [1.82, 2.24) is 10.9 Å². The average Bonchev–Trinajstić information content (AvgIpc) is 3.56. The summed E-state index contributed by atoms with van der Waals surface area (Å²) in [5.41, 5.74) is 3.84. The summed E-state index contributed by atoms with van der Waals surface area (Å²) in [6.45, 7) is -0.956. The molecule has 0 bridgehead atoms. The SMILES string of the molecule is O=[N+]([O-])c1ccc(S(=O)(=O)C2=NNCC2S(=O)(=O)C2=NNCC2S(=O)(=O)c2ccc([N+](=O)[O-])cc2)cc1. The van der Waals surface area contributed by atoms with Crippen LogP contribution in [0.5, 0.6) is 0 Å². The number of benzene rings is 2. The fourth-order valence-electron chi connectivity index (χ4n) is 3.63. The lowest BCUT2D eigenvalue weighted by Gasteiger charge is -2.17. The van der Waals surface area contributed by atoms with Crippen LogP contribution in [0.1, 0.15) is 0 Å². The molecule has 196 valence electrons. The number of nitro groups is 2. The zero-order valence-electron chi connectivity index (χ0n) is 18.3. The van der Waals surface area contributed by atoms with Gasteiger partial charge >= 0.3 is 0 Å². The molecule has 0 saturated heterocycles. The van der Waals surface area contributed by atoms with Crippen LogP contribution < -0.4 is 10.9 Å². The average molecular weight is 573 g/mol. The molecular weight excluding hydrogens is 556 g/mol. The summed E-state index contributed by atoms with van der Waals surface area (Å²) in [5.74, 6) is 0. The molecule has 19 heteroatoms. The molecule has 2 N–H and O–H groups in total. The van der Waals surface area contributed by atoms with E-state index in [9.17, 15) is 45.5 Å². The second kappa shape index (κ2) is 9.16. The van der Waals surface area contributed by atoms with Crippen LogP contribution in [0.4, 0.5) is 11.4 Å². The van der Waals surface area contributed by atoms with Gasteiger partial charge in [0.05, 0.1) is 32.7 Å². The van der Waals surface area contributed by atoms with E-state index in [2.05, 4.69) is 21.1 Å². The van der Waals surface area contributed by atoms with Crippen LogP contribution in [0.25, 0.3) is 0 Å². The molecule has 0 fully saturated rings. The normalized spacial score (nSPS) is 19.9. The molecule has 0 saturated carbocycles. The number of rotatable bonds is 6. The fraction of sp³-hybridized carbons (Fsp3) is 0.222. The molecule has 2 aromatic carbocycles. The minimum Gasteiger partial charge on any atom is -0.307 e. The van der Waals surface area contributed by atoms with Gasteiger partial charge < -0.3 is 10.9 Å². The van der Waals surface area contributed by atoms with E-state index in [0.717, 1.165) is 48.5 Å². The first-order valence-electron chi connectivity index (χ1n) is 10.1. The second-order valence-electron chi connectivity index (χ2n) is 7.70. The summed E-state index contributed by atoms with van der Waals surface area (Å²) < 4.78 is 79.7. The predicted molar refractivity (Wildman–Crippen MR) is 128 cm³/mol. The number of hydrazone groups is 2. The third-order valence-electron chi connectivity index (χ3n) is 5.53. The topological polar surface area (TPSA) is 237 Å². The molecule has 2 heterocycles. The molecule has 0 spiro atoms. The van der Waals surface area contributed by atoms with Gasteiger partial charge in [0.25, 0.3) is 11.4 Å². The van der Waals surface area contributed by atoms with Gasteiger partial charge in [0.15, 0.2) is 19.9 Å². The van der Waals surface area contributed by atoms with Crippen LogP contribution in [0.2, 0.25) is 0 Å². The minimum atomic E-state index is -4.74. The van der Waals surface area contributed by atoms with Crippen molar-refractivity contribution < 1.29 is 35.1 Å². The first-order chi connectivity index (χ1) is 17.3. The maximum Gasteiger partial charge on any atom is 0.269 e. The smallest absolute Gasteiger partial charge is 0.269 e. The summed E-state index contributed by atoms with van der Waals surface area (Å²) in [5, 5.41) is 23.7. The number of sulfone groups is 3. The highest BCUT2D eigenvalue weighted by molar-refractivity contribution is 8.14. The van der Waals surface area contributed by atoms with Gasteiger partial charge in [0.2, 0.25) is 19.7 Å². The van der Waals surface area contributed by atoms with Crippen LogP contribution in [0.15, 0.2) is 68.5 Å². The first kappa shape index (κ1) is 26.1. The third kappa shape index (κ3) is 4.51. The maximum atomic E-state index is 13.5. The number of nitrogens with zero attached hydrogens (tertiary/aromatic N) is 4. The number of nitrogens with one attached hydrogen (secondary N) is 2. The Hall–Kier alpha value is -3.97. The van der Waals surface area contributed by atoms with Gasteiger partial charge in [-0.25, -0.2) is 25.3 Å². The fourth-order valence-corrected chi connectivity index (χ4v) is 9.53. The van der Waals surface area contributed by atoms with E-state index < -0.39 is 82.8 Å². The number of hydrogen-bond donors (Lipinski definition) is 2. The Morgan fingerprint density at radius 1 is 0.649 bits per heavy atom. The molecule has 2 unspecified atom stereocenters. The predicted octanol–water partition coefficient (Wildman–Crippen LogP) is -0.264. The molecule has 2 aliphatic heterocycles. The monoisotopic (exact) mass is 572 g/mol. The van der Waals surface area contributed by atoms with Crippen molar-refractivity contribution in [3.8, 4) is 0 Å². The molecule has 2 aromatic rings. The Balaban J connectivity index is 1.67. The van der Waals surface area contributed by atoms with E-state index >= 15 is 0 Å². The lowest BCUT2D eigenvalue weighted by Crippen LogP contribution is -2.45. The summed E-state index contributed by atoms with van der Waals surface area (Å²) in [6, 6.07) is 7.52. The van der Waals surface area contributed by atoms with Gasteiger partial charge in [-0.05, 0) is 24.3 Å². The Bertz CT molecular complexity index is 1670. The van der Waals surface area contributed by atoms with Crippen molar-refractivity contribution in [1.29, 1.82) is 0 Å². The Morgan fingerprint density at radius 2 is 1.05 bits per heavy atom. The Kier molecular flexibility index (Phi) is 6.46. The van der Waals surface area contributed by atoms with Crippen molar-refractivity contribution in [3.63, 3.8) is 0 Å². The van der Waals surface area contributed by atoms with Gasteiger partial charge in [-0.1, -0.05) is 0 Å². The number of non-ortho nitro benzene ring substituents is 2. The van der Waals surface area contributed by atoms with Crippen molar-refractivity contribution in [2.45, 2.75) is 20.3 Å². The molecule has 0 radical (unpaired) electrons. The lowest BCUT2D eigenvalue weighted by atomic mass is 10.3. The van der Waals surface area contributed by atoms with E-state index in [0.29, 0.717) is 0 Å². The molecule has 0 aliphatic carbocycles. The van der Waals surface area contributed by atoms with Crippen molar-refractivity contribution in [2.75, 3.05) is 13.1 Å². The zero-order chi connectivity index (χ0) is 27.2. The van der Waals surface area contributed by atoms with E-state index in [1.807, 2.05) is 0 Å². The minimum absolute atomic E-state index is 0.376. The molecule has 16 nitrogen and oxygen atoms in total. The van der Waals surface area contributed by atoms with Crippen molar-refractivity contribution in [2.24, 2.45) is 10.2 Å². The molecule has 2 aliphatic rings. The van der Waals surface area contributed by atoms with E-state index in [1.165, 1.54) is 0 Å². The van der Waals surface area contributed by atoms with Crippen LogP contribution in [0.3, 0.4) is 0 Å². The zero-order valence-corrected chi connectivity index (χ0v) is 20.7. The molecule has 2 atom stereocenters. The molecule has 0 aromatic heterocycles. The van der Waals surface area contributed by atoms with Crippen molar-refractivity contribution >= 4 is 51.0 Å². The molecular formula is C18H16N6O10S3. The Morgan fingerprint density at radius 3 is 1.51 bits per heavy atom. The van der Waals surface area contributed by atoms with E-state index in [4.69, 9.17) is 0 Å². The molecule has 37 heavy (non-hydrogen) atoms. The highest BCUT2D eigenvalue weighted by Crippen LogP contribution is 2.28. The highest BCUT2D eigenvalue weighted by atomic mass is 32.2. The first-order valence-corrected chi connectivity index (χ1v) is 14.7. The maximum absolute atomic E-state index is 13.5. The van der Waals surface area contributed by atoms with Gasteiger partial charge in [0, 0.05) is 24.3 Å². The highest BCUT2D eigenvalue weighted by Gasteiger charge is 2.50. The summed E-state index contributed by atoms with van der Waals surface area (Å²) in [4.78, 5) is 19.4. The van der Waals surface area contributed by atoms with Crippen LogP contribution in [-0.4, -0.2) is 68.8 Å². The van der Waals surface area contributed by atoms with Gasteiger partial charge in [0.1, 0.15) is 10.5 Å². The van der Waals surface area contributed by atoms with Crippen LogP contribution >= 0.6 is 0 Å². The van der Waals surface area contributed by atoms with E-state index in [1.54, 1.807) is 0 Å². The Labute approximate surface area is 209 Å². The van der Waals surface area contributed by atoms with Crippen LogP contribution in [-0.2, 0) is 29.5 Å². The largest absolute Gasteiger partial charge is 0.307 e. The number of nitro benzene ring substituents is 2. The van der Waals surface area contributed by atoms with Gasteiger partial charge in [-0.2, -0.15) is 10.2 Å². The van der Waals surface area contributed by atoms with Crippen LogP contribution in [0, 0.1) is 20.2 Å². The second-order valence-corrected chi connectivity index (χ2v) is 13.8. The summed E-state index contributed by atoms with van der Waals surface area (Å²) in [6.07, 6.45) is 0. The standard InChI is InChI=1S/C18H16N6O10S3/c25-23(26)11-1-5-13(6-2-11)35(29,30)15-9-19-22-18(15)37(33,34)16-10-20-21-17(16)36(31,32)14-7-3-12(4-8-14)24(27)28/h1-8,15-16,19-20H,9-10H2.